The molecule has 0 aromatic rings. The zero-order valence-electron chi connectivity index (χ0n) is 6.93. The second-order valence-electron chi connectivity index (χ2n) is 3.25. The van der Waals surface area contributed by atoms with Crippen LogP contribution in [-0.4, -0.2) is 37.5 Å². The summed E-state index contributed by atoms with van der Waals surface area (Å²) in [5, 5.41) is 3.35. The standard InChI is InChI=1S/C8H17N2/c1-7(10(2)3)8-4-5-9-6-8/h7-9H,2,4-6H2,1,3H3/q+1. The summed E-state index contributed by atoms with van der Waals surface area (Å²) < 4.78 is 2.05. The van der Waals surface area contributed by atoms with E-state index in [1.54, 1.807) is 0 Å². The second kappa shape index (κ2) is 3.15. The third-order valence-electron chi connectivity index (χ3n) is 2.48. The largest absolute Gasteiger partial charge is 0.316 e. The molecule has 1 aliphatic heterocycles. The SMILES string of the molecule is C=[N+](C)C(C)C1CCNC1. The molecule has 0 aromatic heterocycles. The molecule has 2 heteroatoms. The van der Waals surface area contributed by atoms with Crippen molar-refractivity contribution >= 4 is 6.72 Å². The summed E-state index contributed by atoms with van der Waals surface area (Å²) in [6, 6.07) is 0.620. The summed E-state index contributed by atoms with van der Waals surface area (Å²) in [4.78, 5) is 0. The van der Waals surface area contributed by atoms with Crippen molar-refractivity contribution in [1.29, 1.82) is 0 Å². The number of hydrogen-bond acceptors (Lipinski definition) is 1. The summed E-state index contributed by atoms with van der Waals surface area (Å²) >= 11 is 0. The lowest BCUT2D eigenvalue weighted by atomic mass is 10.0. The number of nitrogens with zero attached hydrogens (tertiary/aromatic N) is 1. The molecule has 0 radical (unpaired) electrons. The molecular weight excluding hydrogens is 124 g/mol. The van der Waals surface area contributed by atoms with Crippen molar-refractivity contribution in [3.8, 4) is 0 Å². The first kappa shape index (κ1) is 7.73. The monoisotopic (exact) mass is 141 g/mol. The summed E-state index contributed by atoms with van der Waals surface area (Å²) in [7, 11) is 2.04. The van der Waals surface area contributed by atoms with E-state index in [9.17, 15) is 0 Å². The molecule has 1 fully saturated rings. The Labute approximate surface area is 62.9 Å². The van der Waals surface area contributed by atoms with Gasteiger partial charge in [0, 0.05) is 12.5 Å². The van der Waals surface area contributed by atoms with Gasteiger partial charge in [-0.3, -0.25) is 0 Å². The Bertz CT molecular complexity index is 125. The lowest BCUT2D eigenvalue weighted by Gasteiger charge is -2.12. The first-order chi connectivity index (χ1) is 4.72. The van der Waals surface area contributed by atoms with Crippen LogP contribution in [0.4, 0.5) is 0 Å². The van der Waals surface area contributed by atoms with Crippen LogP contribution < -0.4 is 5.32 Å². The maximum atomic E-state index is 3.89. The minimum atomic E-state index is 0.620. The van der Waals surface area contributed by atoms with Crippen LogP contribution in [0.3, 0.4) is 0 Å². The summed E-state index contributed by atoms with van der Waals surface area (Å²) in [5.41, 5.74) is 0. The molecule has 2 unspecified atom stereocenters. The summed E-state index contributed by atoms with van der Waals surface area (Å²) in [6.45, 7) is 8.48. The van der Waals surface area contributed by atoms with Crippen LogP contribution >= 0.6 is 0 Å². The van der Waals surface area contributed by atoms with E-state index < -0.39 is 0 Å². The Morgan fingerprint density at radius 2 is 2.40 bits per heavy atom. The van der Waals surface area contributed by atoms with Gasteiger partial charge in [0.2, 0.25) is 0 Å². The van der Waals surface area contributed by atoms with E-state index in [0.717, 1.165) is 5.92 Å². The van der Waals surface area contributed by atoms with Crippen LogP contribution in [0.15, 0.2) is 0 Å². The van der Waals surface area contributed by atoms with Gasteiger partial charge in [-0.1, -0.05) is 0 Å². The van der Waals surface area contributed by atoms with Gasteiger partial charge < -0.3 is 5.32 Å². The first-order valence-corrected chi connectivity index (χ1v) is 3.96. The average Bonchev–Trinajstić information content (AvgIpc) is 2.36. The van der Waals surface area contributed by atoms with Crippen LogP contribution in [0.5, 0.6) is 0 Å². The number of rotatable bonds is 2. The molecule has 0 aliphatic carbocycles. The third kappa shape index (κ3) is 1.57. The van der Waals surface area contributed by atoms with E-state index in [1.807, 2.05) is 7.05 Å². The van der Waals surface area contributed by atoms with Crippen molar-refractivity contribution < 1.29 is 4.58 Å². The topological polar surface area (TPSA) is 15.0 Å². The van der Waals surface area contributed by atoms with Gasteiger partial charge in [-0.05, 0) is 19.9 Å². The fraction of sp³-hybridized carbons (Fsp3) is 0.875. The van der Waals surface area contributed by atoms with Gasteiger partial charge in [-0.25, -0.2) is 4.58 Å². The highest BCUT2D eigenvalue weighted by Gasteiger charge is 2.25. The average molecular weight is 141 g/mol. The van der Waals surface area contributed by atoms with Gasteiger partial charge in [0.1, 0.15) is 13.8 Å². The molecule has 0 amide bonds. The molecule has 0 spiro atoms. The zero-order valence-corrected chi connectivity index (χ0v) is 6.93. The van der Waals surface area contributed by atoms with Gasteiger partial charge >= 0.3 is 0 Å². The second-order valence-corrected chi connectivity index (χ2v) is 3.25. The normalized spacial score (nSPS) is 28.4. The smallest absolute Gasteiger partial charge is 0.153 e. The highest BCUT2D eigenvalue weighted by Crippen LogP contribution is 2.13. The molecule has 0 aromatic carbocycles. The van der Waals surface area contributed by atoms with E-state index in [0.29, 0.717) is 6.04 Å². The molecule has 0 bridgehead atoms. The van der Waals surface area contributed by atoms with E-state index in [1.165, 1.54) is 19.5 Å². The molecule has 1 rings (SSSR count). The summed E-state index contributed by atoms with van der Waals surface area (Å²) in [5.74, 6) is 0.808. The Morgan fingerprint density at radius 1 is 1.70 bits per heavy atom. The summed E-state index contributed by atoms with van der Waals surface area (Å²) in [6.07, 6.45) is 1.31. The maximum absolute atomic E-state index is 3.89. The Balaban J connectivity index is 2.39. The minimum absolute atomic E-state index is 0.620. The van der Waals surface area contributed by atoms with Crippen LogP contribution in [-0.2, 0) is 0 Å². The van der Waals surface area contributed by atoms with Crippen molar-refractivity contribution in [2.24, 2.45) is 5.92 Å². The molecular formula is C8H17N2+. The van der Waals surface area contributed by atoms with Crippen molar-refractivity contribution in [3.05, 3.63) is 0 Å². The molecule has 0 saturated carbocycles. The van der Waals surface area contributed by atoms with Gasteiger partial charge in [0.25, 0.3) is 0 Å². The third-order valence-corrected chi connectivity index (χ3v) is 2.48. The van der Waals surface area contributed by atoms with Crippen molar-refractivity contribution in [1.82, 2.24) is 5.32 Å². The zero-order chi connectivity index (χ0) is 7.56. The van der Waals surface area contributed by atoms with Crippen LogP contribution in [0.2, 0.25) is 0 Å². The fourth-order valence-corrected chi connectivity index (χ4v) is 1.45. The molecule has 10 heavy (non-hydrogen) atoms. The van der Waals surface area contributed by atoms with E-state index in [4.69, 9.17) is 0 Å². The van der Waals surface area contributed by atoms with Crippen LogP contribution in [0, 0.1) is 5.92 Å². The Hall–Kier alpha value is -0.370. The van der Waals surface area contributed by atoms with Crippen LogP contribution in [0.1, 0.15) is 13.3 Å². The van der Waals surface area contributed by atoms with Gasteiger partial charge in [0.15, 0.2) is 6.04 Å². The van der Waals surface area contributed by atoms with Gasteiger partial charge in [-0.15, -0.1) is 0 Å². The lowest BCUT2D eigenvalue weighted by molar-refractivity contribution is -0.534. The lowest BCUT2D eigenvalue weighted by Crippen LogP contribution is -2.28. The maximum Gasteiger partial charge on any atom is 0.153 e. The molecule has 2 atom stereocenters. The predicted molar refractivity (Wildman–Crippen MR) is 43.7 cm³/mol. The molecule has 2 nitrogen and oxygen atoms in total. The van der Waals surface area contributed by atoms with Crippen LogP contribution in [0.25, 0.3) is 0 Å². The molecule has 58 valence electrons. The molecule has 1 heterocycles. The van der Waals surface area contributed by atoms with E-state index in [-0.39, 0.29) is 0 Å². The minimum Gasteiger partial charge on any atom is -0.316 e. The Morgan fingerprint density at radius 3 is 2.80 bits per heavy atom. The first-order valence-electron chi connectivity index (χ1n) is 3.96. The Kier molecular flexibility index (Phi) is 2.44. The van der Waals surface area contributed by atoms with Crippen molar-refractivity contribution in [2.75, 3.05) is 20.1 Å². The van der Waals surface area contributed by atoms with E-state index >= 15 is 0 Å². The van der Waals surface area contributed by atoms with Crippen molar-refractivity contribution in [2.45, 2.75) is 19.4 Å². The van der Waals surface area contributed by atoms with Gasteiger partial charge in [0.05, 0.1) is 0 Å². The quantitative estimate of drug-likeness (QED) is 0.432. The fourth-order valence-electron chi connectivity index (χ4n) is 1.45. The van der Waals surface area contributed by atoms with E-state index in [2.05, 4.69) is 23.5 Å². The number of nitrogens with one attached hydrogen (secondary N) is 1. The predicted octanol–water partition coefficient (Wildman–Crippen LogP) is 0.327. The van der Waals surface area contributed by atoms with Gasteiger partial charge in [-0.2, -0.15) is 0 Å². The molecule has 1 N–H and O–H groups in total. The highest BCUT2D eigenvalue weighted by molar-refractivity contribution is 5.14. The molecule has 1 saturated heterocycles. The number of hydrogen-bond donors (Lipinski definition) is 1. The molecule has 1 aliphatic rings. The highest BCUT2D eigenvalue weighted by atomic mass is 15.0. The van der Waals surface area contributed by atoms with Crippen molar-refractivity contribution in [3.63, 3.8) is 0 Å².